The summed E-state index contributed by atoms with van der Waals surface area (Å²) in [5, 5.41) is 7.65. The van der Waals surface area contributed by atoms with Crippen LogP contribution >= 0.6 is 0 Å². The van der Waals surface area contributed by atoms with E-state index in [0.29, 0.717) is 5.92 Å². The van der Waals surface area contributed by atoms with Crippen molar-refractivity contribution in [2.24, 2.45) is 5.92 Å². The zero-order valence-electron chi connectivity index (χ0n) is 11.4. The maximum Gasteiger partial charge on any atom is 0.232 e. The first-order valence-electron chi connectivity index (χ1n) is 7.30. The fourth-order valence-electron chi connectivity index (χ4n) is 3.24. The predicted octanol–water partition coefficient (Wildman–Crippen LogP) is 2.61. The highest BCUT2D eigenvalue weighted by molar-refractivity contribution is 5.13. The van der Waals surface area contributed by atoms with E-state index in [1.807, 2.05) is 0 Å². The molecule has 1 N–H and O–H groups in total. The van der Waals surface area contributed by atoms with Gasteiger partial charge in [-0.3, -0.25) is 0 Å². The molecule has 2 atom stereocenters. The van der Waals surface area contributed by atoms with E-state index in [1.165, 1.54) is 12.8 Å². The number of hydrogen-bond acceptors (Lipinski definition) is 4. The third kappa shape index (κ3) is 2.07. The number of hydrogen-bond donors (Lipinski definition) is 1. The Bertz CT molecular complexity index is 403. The molecule has 2 unspecified atom stereocenters. The van der Waals surface area contributed by atoms with Crippen LogP contribution in [0, 0.1) is 5.92 Å². The van der Waals surface area contributed by atoms with E-state index < -0.39 is 0 Å². The Balaban J connectivity index is 1.83. The molecule has 1 aromatic rings. The molecule has 3 rings (SSSR count). The minimum atomic E-state index is 0.142. The summed E-state index contributed by atoms with van der Waals surface area (Å²) in [6.07, 6.45) is 5.82. The van der Waals surface area contributed by atoms with E-state index in [-0.39, 0.29) is 5.41 Å². The summed E-state index contributed by atoms with van der Waals surface area (Å²) in [7, 11) is 0. The second-order valence-corrected chi connectivity index (χ2v) is 6.06. The summed E-state index contributed by atoms with van der Waals surface area (Å²) in [5.41, 5.74) is 0.142. The van der Waals surface area contributed by atoms with Crippen LogP contribution in [0.15, 0.2) is 4.52 Å². The first-order valence-corrected chi connectivity index (χ1v) is 7.30. The van der Waals surface area contributed by atoms with E-state index >= 15 is 0 Å². The molecule has 1 aliphatic carbocycles. The number of rotatable bonds is 4. The Hall–Kier alpha value is -0.900. The molecule has 18 heavy (non-hydrogen) atoms. The molecule has 4 heteroatoms. The zero-order chi connectivity index (χ0) is 12.6. The SMILES string of the molecule is CCCC1(c2nc(C3CC3C)no2)CCNCC1. The van der Waals surface area contributed by atoms with Crippen LogP contribution in [0.4, 0.5) is 0 Å². The Morgan fingerprint density at radius 1 is 1.39 bits per heavy atom. The van der Waals surface area contributed by atoms with Crippen molar-refractivity contribution >= 4 is 0 Å². The Labute approximate surface area is 109 Å². The van der Waals surface area contributed by atoms with E-state index in [4.69, 9.17) is 9.51 Å². The monoisotopic (exact) mass is 249 g/mol. The van der Waals surface area contributed by atoms with E-state index in [0.717, 1.165) is 50.0 Å². The van der Waals surface area contributed by atoms with Gasteiger partial charge in [0.05, 0.1) is 5.41 Å². The zero-order valence-corrected chi connectivity index (χ0v) is 11.4. The van der Waals surface area contributed by atoms with Gasteiger partial charge in [0, 0.05) is 5.92 Å². The van der Waals surface area contributed by atoms with Crippen molar-refractivity contribution in [3.8, 4) is 0 Å². The number of nitrogens with zero attached hydrogens (tertiary/aromatic N) is 2. The van der Waals surface area contributed by atoms with Crippen LogP contribution in [-0.2, 0) is 5.41 Å². The lowest BCUT2D eigenvalue weighted by Gasteiger charge is -2.34. The quantitative estimate of drug-likeness (QED) is 0.891. The number of nitrogens with one attached hydrogen (secondary N) is 1. The van der Waals surface area contributed by atoms with Crippen molar-refractivity contribution < 1.29 is 4.52 Å². The number of piperidine rings is 1. The largest absolute Gasteiger partial charge is 0.339 e. The predicted molar refractivity (Wildman–Crippen MR) is 69.5 cm³/mol. The van der Waals surface area contributed by atoms with Gasteiger partial charge in [-0.05, 0) is 44.7 Å². The lowest BCUT2D eigenvalue weighted by atomic mass is 9.75. The first-order chi connectivity index (χ1) is 8.75. The second-order valence-electron chi connectivity index (χ2n) is 6.06. The number of aromatic nitrogens is 2. The lowest BCUT2D eigenvalue weighted by molar-refractivity contribution is 0.208. The summed E-state index contributed by atoms with van der Waals surface area (Å²) in [5.74, 6) is 3.15. The molecule has 1 aliphatic heterocycles. The molecule has 0 radical (unpaired) electrons. The normalized spacial score (nSPS) is 30.3. The Kier molecular flexibility index (Phi) is 3.14. The molecular weight excluding hydrogens is 226 g/mol. The third-order valence-electron chi connectivity index (χ3n) is 4.63. The molecule has 100 valence electrons. The average molecular weight is 249 g/mol. The van der Waals surface area contributed by atoms with Crippen LogP contribution in [0.1, 0.15) is 63.6 Å². The second kappa shape index (κ2) is 4.65. The van der Waals surface area contributed by atoms with Gasteiger partial charge in [-0.2, -0.15) is 4.98 Å². The molecular formula is C14H23N3O. The van der Waals surface area contributed by atoms with Crippen LogP contribution in [-0.4, -0.2) is 23.2 Å². The minimum absolute atomic E-state index is 0.142. The highest BCUT2D eigenvalue weighted by atomic mass is 16.5. The van der Waals surface area contributed by atoms with Crippen molar-refractivity contribution in [3.63, 3.8) is 0 Å². The third-order valence-corrected chi connectivity index (χ3v) is 4.63. The molecule has 2 fully saturated rings. The van der Waals surface area contributed by atoms with Gasteiger partial charge >= 0.3 is 0 Å². The molecule has 1 saturated heterocycles. The first kappa shape index (κ1) is 12.2. The standard InChI is InChI=1S/C14H23N3O/c1-3-4-14(5-7-15-8-6-14)13-16-12(17-18-13)11-9-10(11)2/h10-11,15H,3-9H2,1-2H3. The van der Waals surface area contributed by atoms with Gasteiger partial charge in [-0.25, -0.2) is 0 Å². The summed E-state index contributed by atoms with van der Waals surface area (Å²) in [6.45, 7) is 6.63. The van der Waals surface area contributed by atoms with Crippen LogP contribution in [0.3, 0.4) is 0 Å². The van der Waals surface area contributed by atoms with Crippen molar-refractivity contribution in [2.45, 2.75) is 57.3 Å². The van der Waals surface area contributed by atoms with Crippen molar-refractivity contribution in [2.75, 3.05) is 13.1 Å². The molecule has 2 heterocycles. The molecule has 0 amide bonds. The average Bonchev–Trinajstić information content (AvgIpc) is 2.93. The van der Waals surface area contributed by atoms with Gasteiger partial charge in [0.2, 0.25) is 5.89 Å². The molecule has 4 nitrogen and oxygen atoms in total. The molecule has 1 saturated carbocycles. The van der Waals surface area contributed by atoms with E-state index in [1.54, 1.807) is 0 Å². The summed E-state index contributed by atoms with van der Waals surface area (Å²) >= 11 is 0. The summed E-state index contributed by atoms with van der Waals surface area (Å²) in [4.78, 5) is 4.73. The van der Waals surface area contributed by atoms with Crippen LogP contribution in [0.2, 0.25) is 0 Å². The highest BCUT2D eigenvalue weighted by Gasteiger charge is 2.42. The molecule has 0 bridgehead atoms. The van der Waals surface area contributed by atoms with E-state index in [9.17, 15) is 0 Å². The lowest BCUT2D eigenvalue weighted by Crippen LogP contribution is -2.40. The van der Waals surface area contributed by atoms with Crippen LogP contribution in [0.25, 0.3) is 0 Å². The molecule has 0 aromatic carbocycles. The fraction of sp³-hybridized carbons (Fsp3) is 0.857. The maximum absolute atomic E-state index is 5.62. The Morgan fingerprint density at radius 3 is 2.72 bits per heavy atom. The smallest absolute Gasteiger partial charge is 0.232 e. The van der Waals surface area contributed by atoms with Crippen molar-refractivity contribution in [1.29, 1.82) is 0 Å². The topological polar surface area (TPSA) is 51.0 Å². The molecule has 2 aliphatic rings. The van der Waals surface area contributed by atoms with Gasteiger partial charge in [0.25, 0.3) is 0 Å². The Morgan fingerprint density at radius 2 is 2.11 bits per heavy atom. The van der Waals surface area contributed by atoms with Crippen LogP contribution < -0.4 is 5.32 Å². The summed E-state index contributed by atoms with van der Waals surface area (Å²) < 4.78 is 5.62. The van der Waals surface area contributed by atoms with Crippen molar-refractivity contribution in [1.82, 2.24) is 15.5 Å². The van der Waals surface area contributed by atoms with Crippen molar-refractivity contribution in [3.05, 3.63) is 11.7 Å². The molecule has 0 spiro atoms. The highest BCUT2D eigenvalue weighted by Crippen LogP contribution is 2.46. The fourth-order valence-corrected chi connectivity index (χ4v) is 3.24. The van der Waals surface area contributed by atoms with Gasteiger partial charge in [-0.1, -0.05) is 25.4 Å². The van der Waals surface area contributed by atoms with Gasteiger partial charge in [0.15, 0.2) is 5.82 Å². The van der Waals surface area contributed by atoms with E-state index in [2.05, 4.69) is 24.3 Å². The van der Waals surface area contributed by atoms with Gasteiger partial charge < -0.3 is 9.84 Å². The summed E-state index contributed by atoms with van der Waals surface area (Å²) in [6, 6.07) is 0. The minimum Gasteiger partial charge on any atom is -0.339 e. The maximum atomic E-state index is 5.62. The molecule has 1 aromatic heterocycles. The van der Waals surface area contributed by atoms with Crippen LogP contribution in [0.5, 0.6) is 0 Å². The van der Waals surface area contributed by atoms with Gasteiger partial charge in [-0.15, -0.1) is 0 Å². The van der Waals surface area contributed by atoms with Gasteiger partial charge in [0.1, 0.15) is 0 Å².